The molecule has 0 atom stereocenters. The van der Waals surface area contributed by atoms with Crippen molar-refractivity contribution in [2.75, 3.05) is 13.2 Å². The molecule has 0 amide bonds. The van der Waals surface area contributed by atoms with Gasteiger partial charge in [-0.05, 0) is 25.3 Å². The molecule has 2 aromatic rings. The molecule has 0 aliphatic heterocycles. The van der Waals surface area contributed by atoms with Gasteiger partial charge < -0.3 is 14.2 Å². The molecular formula is C21H16ClF4N3O7. The Morgan fingerprint density at radius 3 is 2.42 bits per heavy atom. The van der Waals surface area contributed by atoms with Crippen molar-refractivity contribution in [3.63, 3.8) is 0 Å². The standard InChI is InChI=1S/C21H16ClF4N3O7/c1-28-15(21(24,25)26)9-16(30)29(19(28)33)13-8-14(11(22)7-12(13)23)36-20(3-2-4-20)18(32)35-10-17(31)34-6-5-27/h7-9H,2-4,6,10H2,1H3. The highest BCUT2D eigenvalue weighted by Gasteiger charge is 2.49. The van der Waals surface area contributed by atoms with E-state index >= 15 is 0 Å². The first-order valence-corrected chi connectivity index (χ1v) is 10.5. The van der Waals surface area contributed by atoms with Crippen LogP contribution in [-0.4, -0.2) is 39.9 Å². The molecule has 1 heterocycles. The molecule has 0 saturated heterocycles. The molecule has 1 saturated carbocycles. The van der Waals surface area contributed by atoms with Gasteiger partial charge in [0.15, 0.2) is 13.2 Å². The van der Waals surface area contributed by atoms with Crippen LogP contribution in [0, 0.1) is 17.1 Å². The third-order valence-corrected chi connectivity index (χ3v) is 5.61. The SMILES string of the molecule is Cn1c(C(F)(F)F)cc(=O)n(-c2cc(OC3(C(=O)OCC(=O)OCC#N)CCC3)c(Cl)cc2F)c1=O. The number of carbonyl (C=O) groups is 2. The van der Waals surface area contributed by atoms with Crippen molar-refractivity contribution in [1.82, 2.24) is 9.13 Å². The lowest BCUT2D eigenvalue weighted by atomic mass is 9.80. The molecule has 1 aliphatic rings. The van der Waals surface area contributed by atoms with Crippen molar-refractivity contribution in [3.05, 3.63) is 55.6 Å². The Balaban J connectivity index is 1.96. The van der Waals surface area contributed by atoms with E-state index in [0.717, 1.165) is 13.1 Å². The quantitative estimate of drug-likeness (QED) is 0.391. The Morgan fingerprint density at radius 1 is 1.19 bits per heavy atom. The number of alkyl halides is 3. The van der Waals surface area contributed by atoms with Gasteiger partial charge in [-0.25, -0.2) is 23.3 Å². The minimum Gasteiger partial charge on any atom is -0.474 e. The van der Waals surface area contributed by atoms with Gasteiger partial charge in [0.25, 0.3) is 5.56 Å². The summed E-state index contributed by atoms with van der Waals surface area (Å²) in [7, 11) is 0.757. The van der Waals surface area contributed by atoms with E-state index in [1.165, 1.54) is 0 Å². The summed E-state index contributed by atoms with van der Waals surface area (Å²) < 4.78 is 69.3. The molecule has 1 aliphatic carbocycles. The molecule has 1 aromatic carbocycles. The predicted molar refractivity (Wildman–Crippen MR) is 112 cm³/mol. The average molecular weight is 534 g/mol. The summed E-state index contributed by atoms with van der Waals surface area (Å²) in [5.74, 6) is -3.58. The summed E-state index contributed by atoms with van der Waals surface area (Å²) >= 11 is 6.02. The monoisotopic (exact) mass is 533 g/mol. The fourth-order valence-corrected chi connectivity index (χ4v) is 3.54. The summed E-state index contributed by atoms with van der Waals surface area (Å²) in [5.41, 5.74) is -6.91. The number of carbonyl (C=O) groups excluding carboxylic acids is 2. The van der Waals surface area contributed by atoms with Crippen LogP contribution in [0.25, 0.3) is 5.69 Å². The van der Waals surface area contributed by atoms with Crippen molar-refractivity contribution in [2.45, 2.75) is 31.0 Å². The first kappa shape index (κ1) is 26.7. The third kappa shape index (κ3) is 5.20. The zero-order valence-corrected chi connectivity index (χ0v) is 19.1. The number of halogens is 5. The van der Waals surface area contributed by atoms with E-state index in [1.807, 2.05) is 0 Å². The highest BCUT2D eigenvalue weighted by molar-refractivity contribution is 6.32. The first-order chi connectivity index (χ1) is 16.8. The minimum absolute atomic E-state index is 0.101. The highest BCUT2D eigenvalue weighted by atomic mass is 35.5. The lowest BCUT2D eigenvalue weighted by molar-refractivity contribution is -0.175. The Morgan fingerprint density at radius 2 is 1.86 bits per heavy atom. The number of esters is 2. The van der Waals surface area contributed by atoms with E-state index in [4.69, 9.17) is 26.3 Å². The predicted octanol–water partition coefficient (Wildman–Crippen LogP) is 2.26. The Kier molecular flexibility index (Phi) is 7.44. The molecule has 0 unspecified atom stereocenters. The van der Waals surface area contributed by atoms with Crippen LogP contribution < -0.4 is 16.0 Å². The third-order valence-electron chi connectivity index (χ3n) is 5.31. The van der Waals surface area contributed by atoms with Gasteiger partial charge in [-0.15, -0.1) is 0 Å². The van der Waals surface area contributed by atoms with Crippen LogP contribution in [0.3, 0.4) is 0 Å². The second-order valence-corrected chi connectivity index (χ2v) is 8.03. The van der Waals surface area contributed by atoms with Crippen LogP contribution >= 0.6 is 11.6 Å². The topological polar surface area (TPSA) is 130 Å². The summed E-state index contributed by atoms with van der Waals surface area (Å²) in [6.45, 7) is -1.36. The van der Waals surface area contributed by atoms with Gasteiger partial charge in [-0.2, -0.15) is 18.4 Å². The molecule has 15 heteroatoms. The van der Waals surface area contributed by atoms with Gasteiger partial charge in [-0.3, -0.25) is 9.36 Å². The fraction of sp³-hybridized carbons (Fsp3) is 0.381. The molecular weight excluding hydrogens is 518 g/mol. The lowest BCUT2D eigenvalue weighted by Crippen LogP contribution is -2.52. The molecule has 0 N–H and O–H groups in total. The summed E-state index contributed by atoms with van der Waals surface area (Å²) in [5, 5.41) is 8.02. The van der Waals surface area contributed by atoms with Gasteiger partial charge >= 0.3 is 23.8 Å². The van der Waals surface area contributed by atoms with Crippen LogP contribution in [0.5, 0.6) is 5.75 Å². The number of hydrogen-bond donors (Lipinski definition) is 0. The largest absolute Gasteiger partial charge is 0.474 e. The Bertz CT molecular complexity index is 1370. The fourth-order valence-electron chi connectivity index (χ4n) is 3.35. The van der Waals surface area contributed by atoms with Crippen molar-refractivity contribution in [2.24, 2.45) is 7.05 Å². The van der Waals surface area contributed by atoms with Gasteiger partial charge in [0.05, 0.1) is 10.7 Å². The van der Waals surface area contributed by atoms with Crippen LogP contribution in [0.4, 0.5) is 17.6 Å². The molecule has 1 fully saturated rings. The number of aromatic nitrogens is 2. The normalized spacial score (nSPS) is 14.4. The second-order valence-electron chi connectivity index (χ2n) is 7.62. The van der Waals surface area contributed by atoms with Gasteiger partial charge in [0.1, 0.15) is 23.3 Å². The lowest BCUT2D eigenvalue weighted by Gasteiger charge is -2.39. The van der Waals surface area contributed by atoms with E-state index in [1.54, 1.807) is 6.07 Å². The van der Waals surface area contributed by atoms with E-state index in [-0.39, 0.29) is 38.8 Å². The number of nitrogens with zero attached hydrogens (tertiary/aromatic N) is 3. The van der Waals surface area contributed by atoms with E-state index in [9.17, 15) is 36.7 Å². The summed E-state index contributed by atoms with van der Waals surface area (Å²) in [6.07, 6.45) is -4.32. The van der Waals surface area contributed by atoms with Crippen molar-refractivity contribution in [1.29, 1.82) is 5.26 Å². The molecule has 0 spiro atoms. The maximum atomic E-state index is 14.7. The molecule has 192 valence electrons. The number of ether oxygens (including phenoxy) is 3. The second kappa shape index (κ2) is 10.0. The molecule has 0 bridgehead atoms. The maximum Gasteiger partial charge on any atom is 0.431 e. The van der Waals surface area contributed by atoms with E-state index in [2.05, 4.69) is 4.74 Å². The zero-order chi connectivity index (χ0) is 26.8. The van der Waals surface area contributed by atoms with Crippen LogP contribution in [0.15, 0.2) is 27.8 Å². The average Bonchev–Trinajstić information content (AvgIpc) is 2.77. The number of hydrogen-bond acceptors (Lipinski definition) is 8. The van der Waals surface area contributed by atoms with Crippen molar-refractivity contribution in [3.8, 4) is 17.5 Å². The van der Waals surface area contributed by atoms with Gasteiger partial charge in [0.2, 0.25) is 5.60 Å². The molecule has 1 aromatic heterocycles. The van der Waals surface area contributed by atoms with Gasteiger partial charge in [0, 0.05) is 19.2 Å². The number of rotatable bonds is 7. The smallest absolute Gasteiger partial charge is 0.431 e. The molecule has 0 radical (unpaired) electrons. The van der Waals surface area contributed by atoms with E-state index in [0.29, 0.717) is 12.5 Å². The van der Waals surface area contributed by atoms with Crippen molar-refractivity contribution >= 4 is 23.5 Å². The van der Waals surface area contributed by atoms with E-state index < -0.39 is 65.4 Å². The van der Waals surface area contributed by atoms with Crippen LogP contribution in [0.1, 0.15) is 25.0 Å². The van der Waals surface area contributed by atoms with Crippen LogP contribution in [0.2, 0.25) is 5.02 Å². The summed E-state index contributed by atoms with van der Waals surface area (Å²) in [4.78, 5) is 49.0. The Labute approximate surface area is 204 Å². The van der Waals surface area contributed by atoms with Gasteiger partial charge in [-0.1, -0.05) is 11.6 Å². The zero-order valence-electron chi connectivity index (χ0n) is 18.4. The number of nitriles is 1. The minimum atomic E-state index is -5.02. The molecule has 36 heavy (non-hydrogen) atoms. The first-order valence-electron chi connectivity index (χ1n) is 10.1. The molecule has 3 rings (SSSR count). The van der Waals surface area contributed by atoms with Crippen molar-refractivity contribution < 1.29 is 41.4 Å². The maximum absolute atomic E-state index is 14.7. The summed E-state index contributed by atoms with van der Waals surface area (Å²) in [6, 6.07) is 3.15. The number of benzene rings is 1. The Hall–Kier alpha value is -3.86. The molecule has 10 nitrogen and oxygen atoms in total. The highest BCUT2D eigenvalue weighted by Crippen LogP contribution is 2.41. The van der Waals surface area contributed by atoms with Crippen LogP contribution in [-0.2, 0) is 32.3 Å².